The minimum absolute atomic E-state index is 0.228. The fraction of sp³-hybridized carbons (Fsp3) is 0.235. The zero-order valence-electron chi connectivity index (χ0n) is 12.7. The number of nitrogens with zero attached hydrogens (tertiary/aromatic N) is 4. The van der Waals surface area contributed by atoms with E-state index in [2.05, 4.69) is 33.0 Å². The van der Waals surface area contributed by atoms with E-state index in [4.69, 9.17) is 5.73 Å². The zero-order valence-corrected chi connectivity index (χ0v) is 12.7. The van der Waals surface area contributed by atoms with Gasteiger partial charge in [0.05, 0.1) is 0 Å². The van der Waals surface area contributed by atoms with Crippen molar-refractivity contribution in [1.29, 1.82) is 0 Å². The zero-order chi connectivity index (χ0) is 15.8. The van der Waals surface area contributed by atoms with E-state index >= 15 is 0 Å². The molecule has 0 aliphatic carbocycles. The minimum atomic E-state index is 0.228. The van der Waals surface area contributed by atoms with E-state index in [-0.39, 0.29) is 5.95 Å². The second-order valence-electron chi connectivity index (χ2n) is 4.82. The van der Waals surface area contributed by atoms with Gasteiger partial charge in [-0.3, -0.25) is 0 Å². The number of benzene rings is 1. The van der Waals surface area contributed by atoms with E-state index in [1.165, 1.54) is 0 Å². The Balaban J connectivity index is 2.33. The summed E-state index contributed by atoms with van der Waals surface area (Å²) in [4.78, 5) is 15.2. The molecule has 22 heavy (non-hydrogen) atoms. The van der Waals surface area contributed by atoms with Crippen LogP contribution in [0.1, 0.15) is 12.8 Å². The number of hydrogen-bond donors (Lipinski definition) is 1. The highest BCUT2D eigenvalue weighted by Crippen LogP contribution is 2.18. The number of anilines is 2. The summed E-state index contributed by atoms with van der Waals surface area (Å²) in [5, 5.41) is 0. The van der Waals surface area contributed by atoms with Gasteiger partial charge in [-0.1, -0.05) is 42.5 Å². The maximum absolute atomic E-state index is 5.86. The van der Waals surface area contributed by atoms with Gasteiger partial charge in [0, 0.05) is 18.7 Å². The van der Waals surface area contributed by atoms with Crippen molar-refractivity contribution in [3.8, 4) is 11.4 Å². The quantitative estimate of drug-likeness (QED) is 0.758. The fourth-order valence-electron chi connectivity index (χ4n) is 2.04. The smallest absolute Gasteiger partial charge is 0.230 e. The van der Waals surface area contributed by atoms with Crippen LogP contribution < -0.4 is 10.6 Å². The molecule has 2 rings (SSSR count). The van der Waals surface area contributed by atoms with Gasteiger partial charge in [-0.25, -0.2) is 0 Å². The van der Waals surface area contributed by atoms with E-state index in [1.54, 1.807) is 0 Å². The highest BCUT2D eigenvalue weighted by atomic mass is 15.3. The minimum Gasteiger partial charge on any atom is -0.368 e. The lowest BCUT2D eigenvalue weighted by Gasteiger charge is -2.21. The first-order valence-corrected chi connectivity index (χ1v) is 7.28. The maximum Gasteiger partial charge on any atom is 0.230 e. The summed E-state index contributed by atoms with van der Waals surface area (Å²) >= 11 is 0. The first kappa shape index (κ1) is 15.7. The van der Waals surface area contributed by atoms with Crippen molar-refractivity contribution in [3.63, 3.8) is 0 Å². The third kappa shape index (κ3) is 4.15. The molecule has 2 N–H and O–H groups in total. The van der Waals surface area contributed by atoms with Crippen LogP contribution in [-0.2, 0) is 0 Å². The molecule has 114 valence electrons. The maximum atomic E-state index is 5.86. The molecule has 5 heteroatoms. The molecule has 0 saturated carbocycles. The van der Waals surface area contributed by atoms with Gasteiger partial charge >= 0.3 is 0 Å². The first-order valence-electron chi connectivity index (χ1n) is 7.28. The molecule has 0 radical (unpaired) electrons. The van der Waals surface area contributed by atoms with E-state index in [0.717, 1.165) is 31.5 Å². The van der Waals surface area contributed by atoms with Gasteiger partial charge in [-0.05, 0) is 12.8 Å². The first-order chi connectivity index (χ1) is 10.7. The molecule has 0 amide bonds. The van der Waals surface area contributed by atoms with Crippen molar-refractivity contribution in [2.45, 2.75) is 12.8 Å². The van der Waals surface area contributed by atoms with Crippen LogP contribution in [0.2, 0.25) is 0 Å². The molecule has 1 aromatic heterocycles. The standard InChI is InChI=1S/C17H21N5/c1-3-5-12-22(13-6-4-2)17-20-15(19-16(18)21-17)14-10-8-7-9-11-14/h3-4,7-11H,1-2,5-6,12-13H2,(H2,18,19,20,21). The Kier molecular flexibility index (Phi) is 5.65. The lowest BCUT2D eigenvalue weighted by Crippen LogP contribution is -2.27. The van der Waals surface area contributed by atoms with Crippen molar-refractivity contribution in [1.82, 2.24) is 15.0 Å². The Morgan fingerprint density at radius 1 is 0.955 bits per heavy atom. The SMILES string of the molecule is C=CCCN(CCC=C)c1nc(N)nc(-c2ccccc2)n1. The molecular weight excluding hydrogens is 274 g/mol. The molecule has 0 atom stereocenters. The topological polar surface area (TPSA) is 67.9 Å². The third-order valence-corrected chi connectivity index (χ3v) is 3.16. The molecule has 0 aliphatic heterocycles. The molecule has 1 heterocycles. The Morgan fingerprint density at radius 2 is 1.59 bits per heavy atom. The van der Waals surface area contributed by atoms with Crippen LogP contribution in [0, 0.1) is 0 Å². The summed E-state index contributed by atoms with van der Waals surface area (Å²) < 4.78 is 0. The third-order valence-electron chi connectivity index (χ3n) is 3.16. The Morgan fingerprint density at radius 3 is 2.18 bits per heavy atom. The van der Waals surface area contributed by atoms with Crippen LogP contribution in [0.15, 0.2) is 55.6 Å². The summed E-state index contributed by atoms with van der Waals surface area (Å²) in [6, 6.07) is 9.76. The molecule has 0 saturated heterocycles. The summed E-state index contributed by atoms with van der Waals surface area (Å²) in [7, 11) is 0. The molecule has 2 aromatic rings. The van der Waals surface area contributed by atoms with Gasteiger partial charge in [0.25, 0.3) is 0 Å². The Bertz CT molecular complexity index is 612. The van der Waals surface area contributed by atoms with Crippen molar-refractivity contribution < 1.29 is 0 Å². The molecular formula is C17H21N5. The number of hydrogen-bond acceptors (Lipinski definition) is 5. The largest absolute Gasteiger partial charge is 0.368 e. The normalized spacial score (nSPS) is 10.2. The monoisotopic (exact) mass is 295 g/mol. The van der Waals surface area contributed by atoms with Gasteiger partial charge in [-0.15, -0.1) is 13.2 Å². The van der Waals surface area contributed by atoms with Crippen molar-refractivity contribution in [2.24, 2.45) is 0 Å². The Labute approximate surface area is 131 Å². The lowest BCUT2D eigenvalue weighted by atomic mass is 10.2. The predicted molar refractivity (Wildman–Crippen MR) is 91.5 cm³/mol. The van der Waals surface area contributed by atoms with Gasteiger partial charge in [0.1, 0.15) is 0 Å². The van der Waals surface area contributed by atoms with Crippen LogP contribution in [-0.4, -0.2) is 28.0 Å². The van der Waals surface area contributed by atoms with Gasteiger partial charge in [0.15, 0.2) is 5.82 Å². The number of nitrogen functional groups attached to an aromatic ring is 1. The highest BCUT2D eigenvalue weighted by Gasteiger charge is 2.12. The molecule has 5 nitrogen and oxygen atoms in total. The summed E-state index contributed by atoms with van der Waals surface area (Å²) in [5.41, 5.74) is 6.78. The average Bonchev–Trinajstić information content (AvgIpc) is 2.55. The molecule has 0 spiro atoms. The van der Waals surface area contributed by atoms with Gasteiger partial charge < -0.3 is 10.6 Å². The average molecular weight is 295 g/mol. The van der Waals surface area contributed by atoms with E-state index in [1.807, 2.05) is 42.5 Å². The van der Waals surface area contributed by atoms with Crippen molar-refractivity contribution in [3.05, 3.63) is 55.6 Å². The van der Waals surface area contributed by atoms with Crippen LogP contribution in [0.5, 0.6) is 0 Å². The van der Waals surface area contributed by atoms with Crippen LogP contribution in [0.25, 0.3) is 11.4 Å². The molecule has 0 fully saturated rings. The molecule has 0 aliphatic rings. The predicted octanol–water partition coefficient (Wildman–Crippen LogP) is 3.08. The fourth-order valence-corrected chi connectivity index (χ4v) is 2.04. The van der Waals surface area contributed by atoms with Crippen LogP contribution >= 0.6 is 0 Å². The van der Waals surface area contributed by atoms with Crippen LogP contribution in [0.4, 0.5) is 11.9 Å². The molecule has 0 unspecified atom stereocenters. The second-order valence-corrected chi connectivity index (χ2v) is 4.82. The summed E-state index contributed by atoms with van der Waals surface area (Å²) in [5.74, 6) is 1.41. The summed E-state index contributed by atoms with van der Waals surface area (Å²) in [6.07, 6.45) is 5.46. The number of rotatable bonds is 8. The summed E-state index contributed by atoms with van der Waals surface area (Å²) in [6.45, 7) is 9.10. The highest BCUT2D eigenvalue weighted by molar-refractivity contribution is 5.57. The second kappa shape index (κ2) is 7.93. The molecule has 1 aromatic carbocycles. The number of aromatic nitrogens is 3. The van der Waals surface area contributed by atoms with Gasteiger partial charge in [-0.2, -0.15) is 15.0 Å². The van der Waals surface area contributed by atoms with Crippen molar-refractivity contribution >= 4 is 11.9 Å². The number of nitrogens with two attached hydrogens (primary N) is 1. The van der Waals surface area contributed by atoms with E-state index in [0.29, 0.717) is 11.8 Å². The Hall–Kier alpha value is -2.69. The molecule has 0 bridgehead atoms. The van der Waals surface area contributed by atoms with E-state index in [9.17, 15) is 0 Å². The van der Waals surface area contributed by atoms with Crippen LogP contribution in [0.3, 0.4) is 0 Å². The van der Waals surface area contributed by atoms with E-state index < -0.39 is 0 Å². The lowest BCUT2D eigenvalue weighted by molar-refractivity contribution is 0.757. The van der Waals surface area contributed by atoms with Gasteiger partial charge in [0.2, 0.25) is 11.9 Å². The van der Waals surface area contributed by atoms with Crippen molar-refractivity contribution in [2.75, 3.05) is 23.7 Å².